The zero-order valence-electron chi connectivity index (χ0n) is 16.1. The number of nitrogens with zero attached hydrogens (tertiary/aromatic N) is 1. The number of fused-ring (bicyclic) bond motifs is 1. The Morgan fingerprint density at radius 1 is 1.13 bits per heavy atom. The van der Waals surface area contributed by atoms with Gasteiger partial charge in [0.2, 0.25) is 5.89 Å². The van der Waals surface area contributed by atoms with Crippen molar-refractivity contribution in [3.8, 4) is 17.2 Å². The monoisotopic (exact) mass is 563 g/mol. The molecule has 0 aliphatic rings. The molecule has 1 aromatic heterocycles. The van der Waals surface area contributed by atoms with Crippen molar-refractivity contribution in [3.63, 3.8) is 0 Å². The molecule has 0 radical (unpaired) electrons. The fraction of sp³-hybridized carbons (Fsp3) is 0.0455. The van der Waals surface area contributed by atoms with Gasteiger partial charge in [-0.2, -0.15) is 0 Å². The molecular formula is C22H15ClIN3O3S. The number of halogens is 2. The Labute approximate surface area is 202 Å². The van der Waals surface area contributed by atoms with Crippen molar-refractivity contribution in [3.05, 3.63) is 74.8 Å². The number of benzene rings is 3. The van der Waals surface area contributed by atoms with Crippen molar-refractivity contribution in [2.45, 2.75) is 0 Å². The number of nitrogens with one attached hydrogen (secondary N) is 2. The number of aromatic nitrogens is 1. The summed E-state index contributed by atoms with van der Waals surface area (Å²) in [6.07, 6.45) is 0. The van der Waals surface area contributed by atoms with E-state index in [0.29, 0.717) is 33.3 Å². The van der Waals surface area contributed by atoms with Gasteiger partial charge < -0.3 is 14.5 Å². The normalized spacial score (nSPS) is 10.7. The maximum absolute atomic E-state index is 12.5. The number of ether oxygens (including phenoxy) is 1. The summed E-state index contributed by atoms with van der Waals surface area (Å²) in [6, 6.07) is 18.0. The van der Waals surface area contributed by atoms with Crippen LogP contribution in [0, 0.1) is 3.57 Å². The van der Waals surface area contributed by atoms with Crippen LogP contribution in [-0.4, -0.2) is 23.1 Å². The van der Waals surface area contributed by atoms with Crippen LogP contribution in [0.3, 0.4) is 0 Å². The largest absolute Gasteiger partial charge is 0.497 e. The molecule has 9 heteroatoms. The Hall–Kier alpha value is -2.69. The van der Waals surface area contributed by atoms with Gasteiger partial charge in [-0.25, -0.2) is 4.98 Å². The Morgan fingerprint density at radius 2 is 1.90 bits per heavy atom. The van der Waals surface area contributed by atoms with Crippen LogP contribution in [0.25, 0.3) is 22.6 Å². The summed E-state index contributed by atoms with van der Waals surface area (Å²) >= 11 is 13.5. The molecule has 156 valence electrons. The van der Waals surface area contributed by atoms with E-state index < -0.39 is 0 Å². The van der Waals surface area contributed by atoms with Gasteiger partial charge in [0.15, 0.2) is 10.7 Å². The highest BCUT2D eigenvalue weighted by Crippen LogP contribution is 2.27. The van der Waals surface area contributed by atoms with E-state index in [1.54, 1.807) is 37.4 Å². The van der Waals surface area contributed by atoms with Crippen molar-refractivity contribution < 1.29 is 13.9 Å². The number of carbonyl (C=O) groups is 1. The molecule has 0 aliphatic carbocycles. The quantitative estimate of drug-likeness (QED) is 0.238. The number of rotatable bonds is 4. The summed E-state index contributed by atoms with van der Waals surface area (Å²) < 4.78 is 11.9. The third kappa shape index (κ3) is 4.97. The lowest BCUT2D eigenvalue weighted by molar-refractivity contribution is 0.0978. The summed E-state index contributed by atoms with van der Waals surface area (Å²) in [7, 11) is 1.62. The van der Waals surface area contributed by atoms with Crippen LogP contribution in [0.2, 0.25) is 5.02 Å². The lowest BCUT2D eigenvalue weighted by Gasteiger charge is -2.10. The highest BCUT2D eigenvalue weighted by Gasteiger charge is 2.14. The number of carbonyl (C=O) groups excluding carboxylic acids is 1. The van der Waals surface area contributed by atoms with Crippen LogP contribution in [0.4, 0.5) is 5.69 Å². The molecule has 4 rings (SSSR count). The van der Waals surface area contributed by atoms with Gasteiger partial charge in [-0.05, 0) is 95.5 Å². The average molecular weight is 564 g/mol. The van der Waals surface area contributed by atoms with E-state index in [9.17, 15) is 4.79 Å². The van der Waals surface area contributed by atoms with Crippen molar-refractivity contribution in [2.24, 2.45) is 0 Å². The Balaban J connectivity index is 1.48. The molecule has 0 saturated carbocycles. The van der Waals surface area contributed by atoms with Gasteiger partial charge in [0.1, 0.15) is 11.3 Å². The Kier molecular flexibility index (Phi) is 6.40. The smallest absolute Gasteiger partial charge is 0.258 e. The summed E-state index contributed by atoms with van der Waals surface area (Å²) in [5.74, 6) is 0.873. The van der Waals surface area contributed by atoms with Crippen molar-refractivity contribution in [2.75, 3.05) is 12.4 Å². The van der Waals surface area contributed by atoms with Crippen molar-refractivity contribution in [1.82, 2.24) is 10.3 Å². The van der Waals surface area contributed by atoms with Gasteiger partial charge in [0.25, 0.3) is 5.91 Å². The number of amides is 1. The van der Waals surface area contributed by atoms with E-state index in [1.165, 1.54) is 0 Å². The fourth-order valence-electron chi connectivity index (χ4n) is 2.87. The summed E-state index contributed by atoms with van der Waals surface area (Å²) in [6.45, 7) is 0. The lowest BCUT2D eigenvalue weighted by atomic mass is 10.2. The molecule has 0 spiro atoms. The number of thiocarbonyl (C=S) groups is 1. The van der Waals surface area contributed by atoms with Crippen LogP contribution in [0.5, 0.6) is 5.75 Å². The molecule has 31 heavy (non-hydrogen) atoms. The SMILES string of the molecule is COc1ccc(-c2nc3cc(NC(=S)NC(=O)c4cc(I)ccc4Cl)ccc3o2)cc1. The second-order valence-electron chi connectivity index (χ2n) is 6.46. The molecular weight excluding hydrogens is 549 g/mol. The minimum absolute atomic E-state index is 0.151. The van der Waals surface area contributed by atoms with Gasteiger partial charge in [0, 0.05) is 14.8 Å². The highest BCUT2D eigenvalue weighted by molar-refractivity contribution is 14.1. The van der Waals surface area contributed by atoms with E-state index in [2.05, 4.69) is 38.2 Å². The van der Waals surface area contributed by atoms with Crippen LogP contribution in [-0.2, 0) is 0 Å². The van der Waals surface area contributed by atoms with E-state index >= 15 is 0 Å². The summed E-state index contributed by atoms with van der Waals surface area (Å²) in [5, 5.41) is 6.14. The molecule has 6 nitrogen and oxygen atoms in total. The minimum atomic E-state index is -0.384. The van der Waals surface area contributed by atoms with E-state index in [-0.39, 0.29) is 11.0 Å². The minimum Gasteiger partial charge on any atom is -0.497 e. The third-order valence-electron chi connectivity index (χ3n) is 4.38. The first kappa shape index (κ1) is 21.5. The molecule has 0 unspecified atom stereocenters. The van der Waals surface area contributed by atoms with Crippen LogP contribution in [0.15, 0.2) is 65.1 Å². The Morgan fingerprint density at radius 3 is 2.65 bits per heavy atom. The fourth-order valence-corrected chi connectivity index (χ4v) is 3.77. The maximum atomic E-state index is 12.5. The zero-order chi connectivity index (χ0) is 22.0. The molecule has 0 atom stereocenters. The first-order chi connectivity index (χ1) is 14.9. The molecule has 1 amide bonds. The molecule has 0 fully saturated rings. The van der Waals surface area contributed by atoms with E-state index in [0.717, 1.165) is 14.9 Å². The molecule has 0 saturated heterocycles. The second kappa shape index (κ2) is 9.21. The number of oxazole rings is 1. The molecule has 2 N–H and O–H groups in total. The van der Waals surface area contributed by atoms with E-state index in [1.807, 2.05) is 30.3 Å². The second-order valence-corrected chi connectivity index (χ2v) is 8.52. The van der Waals surface area contributed by atoms with Crippen molar-refractivity contribution in [1.29, 1.82) is 0 Å². The number of anilines is 1. The predicted octanol–water partition coefficient (Wildman–Crippen LogP) is 5.89. The van der Waals surface area contributed by atoms with Gasteiger partial charge in [-0.3, -0.25) is 10.1 Å². The number of hydrogen-bond acceptors (Lipinski definition) is 5. The maximum Gasteiger partial charge on any atom is 0.258 e. The van der Waals surface area contributed by atoms with Gasteiger partial charge in [-0.1, -0.05) is 11.6 Å². The summed E-state index contributed by atoms with van der Waals surface area (Å²) in [4.78, 5) is 17.0. The first-order valence-corrected chi connectivity index (χ1v) is 10.9. The van der Waals surface area contributed by atoms with Crippen LogP contribution >= 0.6 is 46.4 Å². The number of hydrogen-bond donors (Lipinski definition) is 2. The summed E-state index contributed by atoms with van der Waals surface area (Å²) in [5.41, 5.74) is 3.15. The molecule has 1 heterocycles. The van der Waals surface area contributed by atoms with E-state index in [4.69, 9.17) is 33.0 Å². The topological polar surface area (TPSA) is 76.4 Å². The third-order valence-corrected chi connectivity index (χ3v) is 5.59. The highest BCUT2D eigenvalue weighted by atomic mass is 127. The lowest BCUT2D eigenvalue weighted by Crippen LogP contribution is -2.34. The molecule has 0 aliphatic heterocycles. The van der Waals surface area contributed by atoms with Gasteiger partial charge in [0.05, 0.1) is 17.7 Å². The Bertz CT molecular complexity index is 1290. The molecule has 0 bridgehead atoms. The first-order valence-electron chi connectivity index (χ1n) is 9.05. The average Bonchev–Trinajstić information content (AvgIpc) is 3.18. The van der Waals surface area contributed by atoms with Crippen molar-refractivity contribution >= 4 is 74.2 Å². The molecule has 4 aromatic rings. The zero-order valence-corrected chi connectivity index (χ0v) is 19.8. The van der Waals surface area contributed by atoms with Crippen LogP contribution in [0.1, 0.15) is 10.4 Å². The standard InChI is InChI=1S/C22H15ClIN3O3S/c1-29-15-6-2-12(3-7-15)21-26-18-11-14(5-9-19(18)30-21)25-22(31)27-20(28)16-10-13(24)4-8-17(16)23/h2-11H,1H3,(H2,25,27,28,31). The van der Waals surface area contributed by atoms with Gasteiger partial charge in [-0.15, -0.1) is 0 Å². The van der Waals surface area contributed by atoms with Crippen LogP contribution < -0.4 is 15.4 Å². The van der Waals surface area contributed by atoms with Gasteiger partial charge >= 0.3 is 0 Å². The predicted molar refractivity (Wildman–Crippen MR) is 134 cm³/mol. The molecule has 3 aromatic carbocycles. The number of methoxy groups -OCH3 is 1.